The van der Waals surface area contributed by atoms with Crippen LogP contribution in [0.2, 0.25) is 5.02 Å². The van der Waals surface area contributed by atoms with Gasteiger partial charge in [-0.3, -0.25) is 19.4 Å². The van der Waals surface area contributed by atoms with Crippen molar-refractivity contribution in [3.63, 3.8) is 0 Å². The minimum Gasteiger partial charge on any atom is -0.493 e. The Hall–Kier alpha value is -2.90. The van der Waals surface area contributed by atoms with E-state index in [1.54, 1.807) is 24.3 Å². The summed E-state index contributed by atoms with van der Waals surface area (Å²) in [5.41, 5.74) is 1.13. The second-order valence-corrected chi connectivity index (χ2v) is 8.25. The first-order valence-corrected chi connectivity index (χ1v) is 11.1. The highest BCUT2D eigenvalue weighted by molar-refractivity contribution is 7.80. The largest absolute Gasteiger partial charge is 0.493 e. The van der Waals surface area contributed by atoms with Gasteiger partial charge in [-0.15, -0.1) is 0 Å². The predicted octanol–water partition coefficient (Wildman–Crippen LogP) is 5.09. The number of thiocarbonyl (C=S) groups is 1. The summed E-state index contributed by atoms with van der Waals surface area (Å²) < 4.78 is 11.2. The lowest BCUT2D eigenvalue weighted by Crippen LogP contribution is -2.56. The SMILES string of the molecule is CCCN1C(=O)/C(=C\c2cc(Cl)c(OC(C)C)c(OC)c2)C(=O)N(c2ccccc2)C1=S. The van der Waals surface area contributed by atoms with E-state index in [2.05, 4.69) is 0 Å². The molecule has 6 nitrogen and oxygen atoms in total. The molecule has 0 aromatic heterocycles. The molecule has 1 fully saturated rings. The fourth-order valence-electron chi connectivity index (χ4n) is 3.34. The average Bonchev–Trinajstić information content (AvgIpc) is 2.76. The van der Waals surface area contributed by atoms with Crippen molar-refractivity contribution < 1.29 is 19.1 Å². The molecule has 1 heterocycles. The maximum atomic E-state index is 13.4. The number of nitrogens with zero attached hydrogens (tertiary/aromatic N) is 2. The van der Waals surface area contributed by atoms with Gasteiger partial charge in [-0.05, 0) is 68.4 Å². The first-order valence-electron chi connectivity index (χ1n) is 10.3. The molecule has 2 aromatic rings. The summed E-state index contributed by atoms with van der Waals surface area (Å²) in [6, 6.07) is 12.3. The minimum absolute atomic E-state index is 0.00782. The number of carbonyl (C=O) groups excluding carboxylic acids is 2. The summed E-state index contributed by atoms with van der Waals surface area (Å²) in [6.45, 7) is 6.11. The van der Waals surface area contributed by atoms with Crippen molar-refractivity contribution in [2.45, 2.75) is 33.3 Å². The van der Waals surface area contributed by atoms with E-state index in [0.29, 0.717) is 40.7 Å². The normalized spacial score (nSPS) is 15.7. The molecule has 8 heteroatoms. The van der Waals surface area contributed by atoms with Gasteiger partial charge in [0, 0.05) is 6.54 Å². The van der Waals surface area contributed by atoms with Crippen LogP contribution in [0.3, 0.4) is 0 Å². The first kappa shape index (κ1) is 23.8. The topological polar surface area (TPSA) is 59.1 Å². The van der Waals surface area contributed by atoms with Crippen molar-refractivity contribution in [1.29, 1.82) is 0 Å². The second kappa shape index (κ2) is 10.1. The number of hydrogen-bond donors (Lipinski definition) is 0. The summed E-state index contributed by atoms with van der Waals surface area (Å²) in [4.78, 5) is 29.4. The number of benzene rings is 2. The van der Waals surface area contributed by atoms with Gasteiger partial charge in [0.15, 0.2) is 16.6 Å². The van der Waals surface area contributed by atoms with Gasteiger partial charge in [-0.25, -0.2) is 0 Å². The van der Waals surface area contributed by atoms with Gasteiger partial charge in [-0.1, -0.05) is 36.7 Å². The molecule has 168 valence electrons. The van der Waals surface area contributed by atoms with E-state index in [4.69, 9.17) is 33.3 Å². The van der Waals surface area contributed by atoms with E-state index in [0.717, 1.165) is 0 Å². The molecule has 0 N–H and O–H groups in total. The summed E-state index contributed by atoms with van der Waals surface area (Å²) in [5, 5.41) is 0.489. The third-order valence-corrected chi connectivity index (χ3v) is 5.39. The van der Waals surface area contributed by atoms with Crippen molar-refractivity contribution in [3.05, 3.63) is 58.6 Å². The van der Waals surface area contributed by atoms with E-state index >= 15 is 0 Å². The standard InChI is InChI=1S/C24H25ClN2O4S/c1-5-11-26-22(28)18(23(29)27(24(26)32)17-9-7-6-8-10-17)12-16-13-19(25)21(31-15(2)3)20(14-16)30-4/h6-10,12-15H,5,11H2,1-4H3/b18-12+. The molecular weight excluding hydrogens is 448 g/mol. The third-order valence-electron chi connectivity index (χ3n) is 4.71. The Morgan fingerprint density at radius 2 is 1.81 bits per heavy atom. The zero-order chi connectivity index (χ0) is 23.4. The second-order valence-electron chi connectivity index (χ2n) is 7.47. The smallest absolute Gasteiger partial charge is 0.270 e. The summed E-state index contributed by atoms with van der Waals surface area (Å²) in [7, 11) is 1.51. The fraction of sp³-hybridized carbons (Fsp3) is 0.292. The summed E-state index contributed by atoms with van der Waals surface area (Å²) in [5.74, 6) is -0.107. The molecule has 0 aliphatic carbocycles. The molecule has 32 heavy (non-hydrogen) atoms. The average molecular weight is 473 g/mol. The Morgan fingerprint density at radius 3 is 2.41 bits per heavy atom. The highest BCUT2D eigenvalue weighted by atomic mass is 35.5. The van der Waals surface area contributed by atoms with Crippen LogP contribution in [0.1, 0.15) is 32.8 Å². The number of carbonyl (C=O) groups is 2. The molecular formula is C24H25ClN2O4S. The molecule has 2 amide bonds. The van der Waals surface area contributed by atoms with Crippen molar-refractivity contribution >= 4 is 52.5 Å². The first-order chi connectivity index (χ1) is 15.3. The minimum atomic E-state index is -0.490. The van der Waals surface area contributed by atoms with Crippen molar-refractivity contribution in [2.75, 3.05) is 18.6 Å². The Kier molecular flexibility index (Phi) is 7.53. The van der Waals surface area contributed by atoms with Gasteiger partial charge in [0.1, 0.15) is 5.57 Å². The molecule has 2 aromatic carbocycles. The molecule has 0 radical (unpaired) electrons. The zero-order valence-corrected chi connectivity index (χ0v) is 20.0. The molecule has 1 saturated heterocycles. The molecule has 0 bridgehead atoms. The van der Waals surface area contributed by atoms with E-state index in [9.17, 15) is 9.59 Å². The fourth-order valence-corrected chi connectivity index (χ4v) is 3.97. The van der Waals surface area contributed by atoms with E-state index in [-0.39, 0.29) is 16.8 Å². The number of ether oxygens (including phenoxy) is 2. The number of hydrogen-bond acceptors (Lipinski definition) is 5. The van der Waals surface area contributed by atoms with Crippen LogP contribution in [-0.2, 0) is 9.59 Å². The lowest BCUT2D eigenvalue weighted by Gasteiger charge is -2.36. The Bertz CT molecular complexity index is 1070. The zero-order valence-electron chi connectivity index (χ0n) is 18.4. The van der Waals surface area contributed by atoms with E-state index < -0.39 is 11.8 Å². The number of amides is 2. The van der Waals surface area contributed by atoms with Crippen LogP contribution >= 0.6 is 23.8 Å². The number of rotatable bonds is 7. The Labute approximate surface area is 198 Å². The van der Waals surface area contributed by atoms with Crippen LogP contribution in [-0.4, -0.2) is 41.6 Å². The molecule has 0 atom stereocenters. The van der Waals surface area contributed by atoms with E-state index in [1.807, 2.05) is 39.0 Å². The number of anilines is 1. The highest BCUT2D eigenvalue weighted by Crippen LogP contribution is 2.38. The Balaban J connectivity index is 2.10. The molecule has 1 aliphatic heterocycles. The van der Waals surface area contributed by atoms with Crippen LogP contribution in [0.25, 0.3) is 6.08 Å². The van der Waals surface area contributed by atoms with Gasteiger partial charge in [0.05, 0.1) is 23.9 Å². The summed E-state index contributed by atoms with van der Waals surface area (Å²) >= 11 is 11.9. The van der Waals surface area contributed by atoms with Crippen molar-refractivity contribution in [1.82, 2.24) is 4.90 Å². The van der Waals surface area contributed by atoms with Gasteiger partial charge < -0.3 is 9.47 Å². The third kappa shape index (κ3) is 4.79. The number of methoxy groups -OCH3 is 1. The van der Waals surface area contributed by atoms with Crippen molar-refractivity contribution in [2.24, 2.45) is 0 Å². The van der Waals surface area contributed by atoms with Gasteiger partial charge in [-0.2, -0.15) is 0 Å². The summed E-state index contributed by atoms with van der Waals surface area (Å²) in [6.07, 6.45) is 2.10. The van der Waals surface area contributed by atoms with Gasteiger partial charge in [0.2, 0.25) is 0 Å². The van der Waals surface area contributed by atoms with E-state index in [1.165, 1.54) is 23.0 Å². The molecule has 0 spiro atoms. The quantitative estimate of drug-likeness (QED) is 0.319. The van der Waals surface area contributed by atoms with Crippen molar-refractivity contribution in [3.8, 4) is 11.5 Å². The van der Waals surface area contributed by atoms with Gasteiger partial charge in [0.25, 0.3) is 11.8 Å². The monoisotopic (exact) mass is 472 g/mol. The number of halogens is 1. The van der Waals surface area contributed by atoms with Crippen LogP contribution < -0.4 is 14.4 Å². The predicted molar refractivity (Wildman–Crippen MR) is 130 cm³/mol. The molecule has 0 saturated carbocycles. The lowest BCUT2D eigenvalue weighted by atomic mass is 10.0. The lowest BCUT2D eigenvalue weighted by molar-refractivity contribution is -0.127. The molecule has 0 unspecified atom stereocenters. The van der Waals surface area contributed by atoms with Crippen LogP contribution in [0.15, 0.2) is 48.0 Å². The van der Waals surface area contributed by atoms with Crippen LogP contribution in [0.5, 0.6) is 11.5 Å². The van der Waals surface area contributed by atoms with Gasteiger partial charge >= 0.3 is 0 Å². The maximum absolute atomic E-state index is 13.4. The maximum Gasteiger partial charge on any atom is 0.270 e. The molecule has 1 aliphatic rings. The molecule has 3 rings (SSSR count). The van der Waals surface area contributed by atoms with Crippen LogP contribution in [0.4, 0.5) is 5.69 Å². The highest BCUT2D eigenvalue weighted by Gasteiger charge is 2.39. The Morgan fingerprint density at radius 1 is 1.12 bits per heavy atom. The number of para-hydroxylation sites is 1. The van der Waals surface area contributed by atoms with Crippen LogP contribution in [0, 0.1) is 0 Å².